The summed E-state index contributed by atoms with van der Waals surface area (Å²) < 4.78 is 9.91. The Balaban J connectivity index is 1.84. The zero-order valence-corrected chi connectivity index (χ0v) is 15.7. The molecule has 1 atom stereocenters. The summed E-state index contributed by atoms with van der Waals surface area (Å²) >= 11 is 6.09. The van der Waals surface area contributed by atoms with Crippen molar-refractivity contribution < 1.29 is 24.2 Å². The van der Waals surface area contributed by atoms with E-state index in [0.717, 1.165) is 5.56 Å². The van der Waals surface area contributed by atoms with Crippen LogP contribution in [0, 0.1) is 0 Å². The molecule has 0 radical (unpaired) electrons. The molecule has 0 aromatic heterocycles. The highest BCUT2D eigenvalue weighted by atomic mass is 35.5. The summed E-state index contributed by atoms with van der Waals surface area (Å²) in [5.41, 5.74) is 1.42. The predicted molar refractivity (Wildman–Crippen MR) is 103 cm³/mol. The molecule has 0 unspecified atom stereocenters. The average molecular weight is 390 g/mol. The first kappa shape index (κ1) is 20.3. The van der Waals surface area contributed by atoms with Crippen LogP contribution < -0.4 is 10.1 Å². The maximum Gasteiger partial charge on any atom is 0.331 e. The zero-order valence-electron chi connectivity index (χ0n) is 14.9. The van der Waals surface area contributed by atoms with Gasteiger partial charge in [0.1, 0.15) is 0 Å². The molecular formula is C20H20ClNO5. The van der Waals surface area contributed by atoms with Crippen molar-refractivity contribution in [1.82, 2.24) is 5.32 Å². The highest BCUT2D eigenvalue weighted by Gasteiger charge is 2.13. The molecule has 142 valence electrons. The van der Waals surface area contributed by atoms with Gasteiger partial charge in [0.05, 0.1) is 13.2 Å². The van der Waals surface area contributed by atoms with E-state index < -0.39 is 18.5 Å². The van der Waals surface area contributed by atoms with Crippen LogP contribution >= 0.6 is 11.6 Å². The molecule has 2 aromatic rings. The standard InChI is InChI=1S/C20H20ClNO5/c1-13(15-5-3-4-6-16(15)21)22-19(24)12-27-20(25)10-8-14-7-9-17(23)18(11-14)26-2/h3-11,13,23H,12H2,1-2H3,(H,22,24)/b10-8+/t13-/m0/s1. The van der Waals surface area contributed by atoms with Crippen LogP contribution in [0.15, 0.2) is 48.5 Å². The van der Waals surface area contributed by atoms with Crippen molar-refractivity contribution in [1.29, 1.82) is 0 Å². The summed E-state index contributed by atoms with van der Waals surface area (Å²) in [6.45, 7) is 1.38. The number of carbonyl (C=O) groups excluding carboxylic acids is 2. The Morgan fingerprint density at radius 2 is 2.00 bits per heavy atom. The van der Waals surface area contributed by atoms with Gasteiger partial charge in [-0.3, -0.25) is 4.79 Å². The minimum Gasteiger partial charge on any atom is -0.504 e. The van der Waals surface area contributed by atoms with Crippen LogP contribution in [0.3, 0.4) is 0 Å². The molecule has 7 heteroatoms. The monoisotopic (exact) mass is 389 g/mol. The molecule has 0 bridgehead atoms. The topological polar surface area (TPSA) is 84.9 Å². The SMILES string of the molecule is COc1cc(/C=C/C(=O)OCC(=O)N[C@@H](C)c2ccccc2Cl)ccc1O. The highest BCUT2D eigenvalue weighted by Crippen LogP contribution is 2.26. The second-order valence-electron chi connectivity index (χ2n) is 5.68. The van der Waals surface area contributed by atoms with E-state index in [1.807, 2.05) is 12.1 Å². The Morgan fingerprint density at radius 3 is 2.70 bits per heavy atom. The second kappa shape index (κ2) is 9.64. The third-order valence-electron chi connectivity index (χ3n) is 3.71. The van der Waals surface area contributed by atoms with E-state index in [2.05, 4.69) is 5.32 Å². The lowest BCUT2D eigenvalue weighted by atomic mass is 10.1. The van der Waals surface area contributed by atoms with Crippen molar-refractivity contribution in [2.45, 2.75) is 13.0 Å². The first-order valence-corrected chi connectivity index (χ1v) is 8.54. The Hall–Kier alpha value is -2.99. The van der Waals surface area contributed by atoms with Crippen LogP contribution in [0.25, 0.3) is 6.08 Å². The van der Waals surface area contributed by atoms with E-state index >= 15 is 0 Å². The van der Waals surface area contributed by atoms with Crippen LogP contribution in [0.1, 0.15) is 24.1 Å². The van der Waals surface area contributed by atoms with Crippen LogP contribution in [0.5, 0.6) is 11.5 Å². The fraction of sp³-hybridized carbons (Fsp3) is 0.200. The van der Waals surface area contributed by atoms with Gasteiger partial charge >= 0.3 is 5.97 Å². The van der Waals surface area contributed by atoms with Gasteiger partial charge < -0.3 is 19.9 Å². The van der Waals surface area contributed by atoms with Gasteiger partial charge in [-0.05, 0) is 42.3 Å². The van der Waals surface area contributed by atoms with Crippen LogP contribution in [0.2, 0.25) is 5.02 Å². The molecule has 2 N–H and O–H groups in total. The maximum atomic E-state index is 11.9. The van der Waals surface area contributed by atoms with Gasteiger partial charge in [-0.25, -0.2) is 4.79 Å². The van der Waals surface area contributed by atoms with E-state index in [4.69, 9.17) is 21.1 Å². The summed E-state index contributed by atoms with van der Waals surface area (Å²) in [6.07, 6.45) is 2.69. The molecule has 2 aromatic carbocycles. The molecule has 6 nitrogen and oxygen atoms in total. The number of methoxy groups -OCH3 is 1. The van der Waals surface area contributed by atoms with Gasteiger partial charge in [0.25, 0.3) is 5.91 Å². The Morgan fingerprint density at radius 1 is 1.26 bits per heavy atom. The largest absolute Gasteiger partial charge is 0.504 e. The van der Waals surface area contributed by atoms with Crippen LogP contribution in [-0.4, -0.2) is 30.7 Å². The number of amides is 1. The van der Waals surface area contributed by atoms with Gasteiger partial charge in [0.2, 0.25) is 0 Å². The number of phenolic OH excluding ortho intramolecular Hbond substituents is 1. The third kappa shape index (κ3) is 6.04. The van der Waals surface area contributed by atoms with E-state index in [9.17, 15) is 14.7 Å². The fourth-order valence-corrected chi connectivity index (χ4v) is 2.63. The van der Waals surface area contributed by atoms with Gasteiger partial charge in [-0.2, -0.15) is 0 Å². The van der Waals surface area contributed by atoms with Gasteiger partial charge in [-0.1, -0.05) is 35.9 Å². The molecule has 0 aliphatic carbocycles. The first-order valence-electron chi connectivity index (χ1n) is 8.16. The molecule has 0 fully saturated rings. The quantitative estimate of drug-likeness (QED) is 0.559. The lowest BCUT2D eigenvalue weighted by molar-refractivity contribution is -0.144. The number of carbonyl (C=O) groups is 2. The highest BCUT2D eigenvalue weighted by molar-refractivity contribution is 6.31. The Bertz CT molecular complexity index is 850. The molecule has 0 saturated carbocycles. The van der Waals surface area contributed by atoms with E-state index in [0.29, 0.717) is 16.3 Å². The molecule has 27 heavy (non-hydrogen) atoms. The van der Waals surface area contributed by atoms with Crippen molar-refractivity contribution in [3.8, 4) is 11.5 Å². The number of nitrogens with one attached hydrogen (secondary N) is 1. The summed E-state index contributed by atoms with van der Waals surface area (Å²) in [5, 5.41) is 12.8. The molecule has 0 aliphatic rings. The van der Waals surface area contributed by atoms with Crippen molar-refractivity contribution >= 4 is 29.6 Å². The number of hydrogen-bond donors (Lipinski definition) is 2. The van der Waals surface area contributed by atoms with E-state index in [-0.39, 0.29) is 11.8 Å². The van der Waals surface area contributed by atoms with Gasteiger partial charge in [0.15, 0.2) is 18.1 Å². The molecule has 0 spiro atoms. The van der Waals surface area contributed by atoms with Crippen molar-refractivity contribution in [2.75, 3.05) is 13.7 Å². The molecule has 0 heterocycles. The number of rotatable bonds is 7. The number of hydrogen-bond acceptors (Lipinski definition) is 5. The number of ether oxygens (including phenoxy) is 2. The van der Waals surface area contributed by atoms with Gasteiger partial charge in [0, 0.05) is 11.1 Å². The minimum atomic E-state index is -0.664. The lowest BCUT2D eigenvalue weighted by Crippen LogP contribution is -2.31. The zero-order chi connectivity index (χ0) is 19.8. The number of aromatic hydroxyl groups is 1. The number of phenols is 1. The normalized spacial score (nSPS) is 11.8. The average Bonchev–Trinajstić information content (AvgIpc) is 2.66. The van der Waals surface area contributed by atoms with Crippen molar-refractivity contribution in [3.05, 3.63) is 64.7 Å². The molecule has 0 saturated heterocycles. The Labute approximate surface area is 162 Å². The fourth-order valence-electron chi connectivity index (χ4n) is 2.33. The smallest absolute Gasteiger partial charge is 0.331 e. The van der Waals surface area contributed by atoms with E-state index in [1.165, 1.54) is 25.3 Å². The minimum absolute atomic E-state index is 0.00142. The number of halogens is 1. The number of esters is 1. The molecule has 2 rings (SSSR count). The molecular weight excluding hydrogens is 370 g/mol. The summed E-state index contributed by atoms with van der Waals surface area (Å²) in [4.78, 5) is 23.7. The van der Waals surface area contributed by atoms with Crippen molar-refractivity contribution in [3.63, 3.8) is 0 Å². The predicted octanol–water partition coefficient (Wildman–Crippen LogP) is 3.49. The maximum absolute atomic E-state index is 11.9. The Kier molecular flexibility index (Phi) is 7.25. The lowest BCUT2D eigenvalue weighted by Gasteiger charge is -2.15. The van der Waals surface area contributed by atoms with Crippen LogP contribution in [0.4, 0.5) is 0 Å². The van der Waals surface area contributed by atoms with Gasteiger partial charge in [-0.15, -0.1) is 0 Å². The number of benzene rings is 2. The third-order valence-corrected chi connectivity index (χ3v) is 4.05. The van der Waals surface area contributed by atoms with Crippen LogP contribution in [-0.2, 0) is 14.3 Å². The van der Waals surface area contributed by atoms with E-state index in [1.54, 1.807) is 31.2 Å². The summed E-state index contributed by atoms with van der Waals surface area (Å²) in [7, 11) is 1.43. The molecule has 0 aliphatic heterocycles. The van der Waals surface area contributed by atoms with Crippen molar-refractivity contribution in [2.24, 2.45) is 0 Å². The summed E-state index contributed by atoms with van der Waals surface area (Å²) in [5.74, 6) is -0.807. The second-order valence-corrected chi connectivity index (χ2v) is 6.09. The first-order chi connectivity index (χ1) is 12.9. The summed E-state index contributed by atoms with van der Waals surface area (Å²) in [6, 6.07) is 11.5. The molecule has 1 amide bonds.